The second-order valence-corrected chi connectivity index (χ2v) is 7.01. The Labute approximate surface area is 133 Å². The van der Waals surface area contributed by atoms with Gasteiger partial charge in [0, 0.05) is 37.6 Å². The van der Waals surface area contributed by atoms with Gasteiger partial charge >= 0.3 is 0 Å². The third kappa shape index (κ3) is 5.27. The molecule has 0 radical (unpaired) electrons. The predicted octanol–water partition coefficient (Wildman–Crippen LogP) is 3.62. The van der Waals surface area contributed by atoms with Crippen molar-refractivity contribution in [1.82, 2.24) is 5.32 Å². The molecule has 4 heteroatoms. The Morgan fingerprint density at radius 1 is 1.33 bits per heavy atom. The van der Waals surface area contributed by atoms with Gasteiger partial charge < -0.3 is 10.2 Å². The molecule has 1 aromatic carbocycles. The van der Waals surface area contributed by atoms with Crippen molar-refractivity contribution in [1.29, 1.82) is 0 Å². The van der Waals surface area contributed by atoms with Crippen molar-refractivity contribution < 1.29 is 0 Å². The van der Waals surface area contributed by atoms with Crippen LogP contribution in [0.2, 0.25) is 0 Å². The van der Waals surface area contributed by atoms with E-state index in [1.807, 2.05) is 11.8 Å². The largest absolute Gasteiger partial charge is 0.375 e. The SMILES string of the molecule is CC(C)C1CCSC(=NCCCN(C)c2ccccc2)N1. The number of thioether (sulfide) groups is 1. The molecule has 0 saturated carbocycles. The molecule has 0 bridgehead atoms. The Bertz CT molecular complexity index is 445. The Kier molecular flexibility index (Phi) is 6.43. The van der Waals surface area contributed by atoms with Crippen molar-refractivity contribution in [2.75, 3.05) is 30.8 Å². The first-order valence-electron chi connectivity index (χ1n) is 7.87. The Morgan fingerprint density at radius 2 is 2.10 bits per heavy atom. The summed E-state index contributed by atoms with van der Waals surface area (Å²) in [5.41, 5.74) is 1.27. The van der Waals surface area contributed by atoms with Crippen LogP contribution < -0.4 is 10.2 Å². The zero-order chi connectivity index (χ0) is 15.1. The maximum atomic E-state index is 4.72. The third-order valence-electron chi connectivity index (χ3n) is 3.89. The fraction of sp³-hybridized carbons (Fsp3) is 0.588. The molecule has 1 N–H and O–H groups in total. The summed E-state index contributed by atoms with van der Waals surface area (Å²) in [7, 11) is 2.14. The maximum Gasteiger partial charge on any atom is 0.156 e. The topological polar surface area (TPSA) is 27.6 Å². The summed E-state index contributed by atoms with van der Waals surface area (Å²) in [5, 5.41) is 4.71. The molecule has 0 aromatic heterocycles. The monoisotopic (exact) mass is 305 g/mol. The number of aliphatic imine (C=N–C) groups is 1. The van der Waals surface area contributed by atoms with E-state index in [1.165, 1.54) is 17.9 Å². The normalized spacial score (nSPS) is 20.6. The van der Waals surface area contributed by atoms with Crippen molar-refractivity contribution >= 4 is 22.6 Å². The smallest absolute Gasteiger partial charge is 0.156 e. The van der Waals surface area contributed by atoms with Crippen molar-refractivity contribution in [3.05, 3.63) is 30.3 Å². The number of para-hydroxylation sites is 1. The highest BCUT2D eigenvalue weighted by atomic mass is 32.2. The molecule has 1 aromatic rings. The summed E-state index contributed by atoms with van der Waals surface area (Å²) in [6.45, 7) is 6.50. The van der Waals surface area contributed by atoms with E-state index in [2.05, 4.69) is 61.4 Å². The molecule has 0 aliphatic carbocycles. The molecule has 0 spiro atoms. The number of hydrogen-bond donors (Lipinski definition) is 1. The standard InChI is InChI=1S/C17H27N3S/c1-14(2)16-10-13-21-17(19-16)18-11-7-12-20(3)15-8-5-4-6-9-15/h4-6,8-9,14,16H,7,10-13H2,1-3H3,(H,18,19). The number of anilines is 1. The Balaban J connectivity index is 1.72. The summed E-state index contributed by atoms with van der Waals surface area (Å²) >= 11 is 1.86. The molecule has 1 fully saturated rings. The minimum Gasteiger partial charge on any atom is -0.375 e. The molecule has 1 aliphatic rings. The van der Waals surface area contributed by atoms with E-state index in [-0.39, 0.29) is 0 Å². The van der Waals surface area contributed by atoms with Crippen LogP contribution in [-0.4, -0.2) is 37.1 Å². The number of nitrogens with zero attached hydrogens (tertiary/aromatic N) is 2. The molecule has 3 nitrogen and oxygen atoms in total. The van der Waals surface area contributed by atoms with Crippen LogP contribution in [-0.2, 0) is 0 Å². The van der Waals surface area contributed by atoms with Crippen LogP contribution in [0.3, 0.4) is 0 Å². The molecule has 1 unspecified atom stereocenters. The maximum absolute atomic E-state index is 4.72. The average Bonchev–Trinajstić information content (AvgIpc) is 2.52. The number of amidine groups is 1. The molecule has 1 saturated heterocycles. The van der Waals surface area contributed by atoms with E-state index in [9.17, 15) is 0 Å². The second kappa shape index (κ2) is 8.32. The molecule has 0 amide bonds. The Hall–Kier alpha value is -1.16. The molecular weight excluding hydrogens is 278 g/mol. The summed E-state index contributed by atoms with van der Waals surface area (Å²) in [6, 6.07) is 11.1. The lowest BCUT2D eigenvalue weighted by Crippen LogP contribution is -2.41. The molecule has 116 valence electrons. The molecule has 1 heterocycles. The average molecular weight is 305 g/mol. The number of benzene rings is 1. The number of rotatable bonds is 6. The van der Waals surface area contributed by atoms with Crippen molar-refractivity contribution in [2.45, 2.75) is 32.7 Å². The summed E-state index contributed by atoms with van der Waals surface area (Å²) in [4.78, 5) is 7.01. The van der Waals surface area contributed by atoms with Crippen molar-refractivity contribution in [3.8, 4) is 0 Å². The van der Waals surface area contributed by atoms with Gasteiger partial charge in [-0.15, -0.1) is 0 Å². The lowest BCUT2D eigenvalue weighted by atomic mass is 10.0. The lowest BCUT2D eigenvalue weighted by Gasteiger charge is -2.28. The van der Waals surface area contributed by atoms with E-state index in [1.54, 1.807) is 0 Å². The van der Waals surface area contributed by atoms with Gasteiger partial charge in [0.05, 0.1) is 0 Å². The van der Waals surface area contributed by atoms with Gasteiger partial charge in [-0.25, -0.2) is 0 Å². The van der Waals surface area contributed by atoms with E-state index in [4.69, 9.17) is 4.99 Å². The zero-order valence-corrected chi connectivity index (χ0v) is 14.2. The molecule has 1 atom stereocenters. The quantitative estimate of drug-likeness (QED) is 0.814. The lowest BCUT2D eigenvalue weighted by molar-refractivity contribution is 0.442. The second-order valence-electron chi connectivity index (χ2n) is 5.93. The van der Waals surface area contributed by atoms with Gasteiger partial charge in [-0.1, -0.05) is 43.8 Å². The summed E-state index contributed by atoms with van der Waals surface area (Å²) in [6.07, 6.45) is 2.33. The first kappa shape index (κ1) is 16.2. The van der Waals surface area contributed by atoms with Gasteiger partial charge in [0.25, 0.3) is 0 Å². The van der Waals surface area contributed by atoms with E-state index in [0.717, 1.165) is 24.7 Å². The van der Waals surface area contributed by atoms with Crippen LogP contribution in [0.25, 0.3) is 0 Å². The van der Waals surface area contributed by atoms with Gasteiger partial charge in [0.1, 0.15) is 0 Å². The van der Waals surface area contributed by atoms with Crippen molar-refractivity contribution in [3.63, 3.8) is 0 Å². The summed E-state index contributed by atoms with van der Waals surface area (Å²) < 4.78 is 0. The summed E-state index contributed by atoms with van der Waals surface area (Å²) in [5.74, 6) is 1.87. The van der Waals surface area contributed by atoms with Gasteiger partial charge in [0.2, 0.25) is 0 Å². The van der Waals surface area contributed by atoms with Crippen LogP contribution >= 0.6 is 11.8 Å². The van der Waals surface area contributed by atoms with E-state index >= 15 is 0 Å². The number of nitrogens with one attached hydrogen (secondary N) is 1. The van der Waals surface area contributed by atoms with Crippen LogP contribution in [0.15, 0.2) is 35.3 Å². The minimum atomic E-state index is 0.594. The van der Waals surface area contributed by atoms with Gasteiger partial charge in [0.15, 0.2) is 5.17 Å². The van der Waals surface area contributed by atoms with Gasteiger partial charge in [-0.2, -0.15) is 0 Å². The highest BCUT2D eigenvalue weighted by Gasteiger charge is 2.19. The molecular formula is C17H27N3S. The zero-order valence-electron chi connectivity index (χ0n) is 13.4. The van der Waals surface area contributed by atoms with Crippen LogP contribution in [0.1, 0.15) is 26.7 Å². The third-order valence-corrected chi connectivity index (χ3v) is 4.85. The molecule has 1 aliphatic heterocycles. The molecule has 2 rings (SSSR count). The molecule has 21 heavy (non-hydrogen) atoms. The van der Waals surface area contributed by atoms with E-state index < -0.39 is 0 Å². The fourth-order valence-corrected chi connectivity index (χ4v) is 3.43. The van der Waals surface area contributed by atoms with Crippen LogP contribution in [0.5, 0.6) is 0 Å². The van der Waals surface area contributed by atoms with Gasteiger partial charge in [-0.3, -0.25) is 4.99 Å². The fourth-order valence-electron chi connectivity index (χ4n) is 2.45. The van der Waals surface area contributed by atoms with Crippen molar-refractivity contribution in [2.24, 2.45) is 10.9 Å². The highest BCUT2D eigenvalue weighted by molar-refractivity contribution is 8.13. The Morgan fingerprint density at radius 3 is 2.81 bits per heavy atom. The van der Waals surface area contributed by atoms with Crippen LogP contribution in [0, 0.1) is 5.92 Å². The highest BCUT2D eigenvalue weighted by Crippen LogP contribution is 2.18. The van der Waals surface area contributed by atoms with Gasteiger partial charge in [-0.05, 0) is 30.9 Å². The number of hydrogen-bond acceptors (Lipinski definition) is 3. The first-order valence-corrected chi connectivity index (χ1v) is 8.85. The van der Waals surface area contributed by atoms with E-state index in [0.29, 0.717) is 12.0 Å². The van der Waals surface area contributed by atoms with Crippen LogP contribution in [0.4, 0.5) is 5.69 Å². The predicted molar refractivity (Wildman–Crippen MR) is 95.5 cm³/mol. The first-order chi connectivity index (χ1) is 10.2. The minimum absolute atomic E-state index is 0.594.